The summed E-state index contributed by atoms with van der Waals surface area (Å²) < 4.78 is 27.1. The van der Waals surface area contributed by atoms with Crippen LogP contribution in [0.15, 0.2) is 42.5 Å². The molecule has 0 heterocycles. The van der Waals surface area contributed by atoms with Gasteiger partial charge in [0.15, 0.2) is 0 Å². The molecule has 2 aromatic rings. The number of nitrogens with one attached hydrogen (secondary N) is 1. The summed E-state index contributed by atoms with van der Waals surface area (Å²) in [6, 6.07) is 11.2. The lowest BCUT2D eigenvalue weighted by molar-refractivity contribution is -0.120. The minimum absolute atomic E-state index is 0.319. The molecule has 0 aliphatic carbocycles. The van der Waals surface area contributed by atoms with Gasteiger partial charge in [0.1, 0.15) is 23.9 Å². The topological polar surface area (TPSA) is 73.2 Å². The predicted octanol–water partition coefficient (Wildman–Crippen LogP) is 2.83. The molecule has 2 amide bonds. The van der Waals surface area contributed by atoms with E-state index in [0.717, 1.165) is 17.0 Å². The van der Waals surface area contributed by atoms with Crippen LogP contribution in [0.5, 0.6) is 0 Å². The number of hydrogen-bond acceptors (Lipinski definition) is 3. The highest BCUT2D eigenvalue weighted by Gasteiger charge is 2.18. The minimum atomic E-state index is -0.913. The first kappa shape index (κ1) is 17.1. The van der Waals surface area contributed by atoms with E-state index in [0.29, 0.717) is 11.3 Å². The van der Waals surface area contributed by atoms with Crippen molar-refractivity contribution >= 4 is 23.2 Å². The molecule has 1 N–H and O–H groups in total. The van der Waals surface area contributed by atoms with Gasteiger partial charge in [0.25, 0.3) is 0 Å². The number of carbonyl (C=O) groups is 2. The largest absolute Gasteiger partial charge is 0.320 e. The molecule has 2 aromatic carbocycles. The molecule has 0 aliphatic heterocycles. The molecule has 2 rings (SSSR count). The van der Waals surface area contributed by atoms with E-state index < -0.39 is 35.7 Å². The number of halogens is 2. The molecule has 0 bridgehead atoms. The smallest absolute Gasteiger partial charge is 0.244 e. The summed E-state index contributed by atoms with van der Waals surface area (Å²) in [5.41, 5.74) is 0.0850. The van der Waals surface area contributed by atoms with Crippen LogP contribution in [0.25, 0.3) is 0 Å². The molecule has 5 nitrogen and oxygen atoms in total. The SMILES string of the molecule is CC(=O)N(CC(=O)Nc1c(F)cccc1F)c1cccc(C#N)c1. The number of para-hydroxylation sites is 1. The van der Waals surface area contributed by atoms with Crippen LogP contribution < -0.4 is 10.2 Å². The van der Waals surface area contributed by atoms with Gasteiger partial charge in [-0.25, -0.2) is 8.78 Å². The highest BCUT2D eigenvalue weighted by atomic mass is 19.1. The van der Waals surface area contributed by atoms with Gasteiger partial charge in [0.2, 0.25) is 11.8 Å². The highest BCUT2D eigenvalue weighted by Crippen LogP contribution is 2.19. The highest BCUT2D eigenvalue weighted by molar-refractivity contribution is 6.01. The molecule has 0 fully saturated rings. The van der Waals surface area contributed by atoms with Crippen LogP contribution in [-0.2, 0) is 9.59 Å². The van der Waals surface area contributed by atoms with E-state index in [-0.39, 0.29) is 0 Å². The second-order valence-electron chi connectivity index (χ2n) is 4.91. The summed E-state index contributed by atoms with van der Waals surface area (Å²) in [4.78, 5) is 24.9. The molecule has 122 valence electrons. The molecule has 0 saturated carbocycles. The van der Waals surface area contributed by atoms with Gasteiger partial charge in [-0.05, 0) is 30.3 Å². The number of anilines is 2. The number of nitrogens with zero attached hydrogens (tertiary/aromatic N) is 2. The average molecular weight is 329 g/mol. The van der Waals surface area contributed by atoms with E-state index in [4.69, 9.17) is 5.26 Å². The van der Waals surface area contributed by atoms with Gasteiger partial charge in [-0.1, -0.05) is 12.1 Å². The lowest BCUT2D eigenvalue weighted by Crippen LogP contribution is -2.37. The average Bonchev–Trinajstić information content (AvgIpc) is 2.56. The van der Waals surface area contributed by atoms with Gasteiger partial charge in [-0.2, -0.15) is 5.26 Å². The fourth-order valence-electron chi connectivity index (χ4n) is 2.07. The fraction of sp³-hybridized carbons (Fsp3) is 0.118. The van der Waals surface area contributed by atoms with Crippen LogP contribution >= 0.6 is 0 Å². The number of hydrogen-bond donors (Lipinski definition) is 1. The third-order valence-corrected chi connectivity index (χ3v) is 3.20. The van der Waals surface area contributed by atoms with Crippen LogP contribution in [0.2, 0.25) is 0 Å². The molecule has 0 aliphatic rings. The van der Waals surface area contributed by atoms with Crippen molar-refractivity contribution in [3.63, 3.8) is 0 Å². The van der Waals surface area contributed by atoms with E-state index >= 15 is 0 Å². The van der Waals surface area contributed by atoms with E-state index in [1.54, 1.807) is 18.2 Å². The Bertz CT molecular complexity index is 811. The van der Waals surface area contributed by atoms with Gasteiger partial charge < -0.3 is 10.2 Å². The van der Waals surface area contributed by atoms with Crippen molar-refractivity contribution in [3.05, 3.63) is 59.7 Å². The summed E-state index contributed by atoms with van der Waals surface area (Å²) >= 11 is 0. The maximum Gasteiger partial charge on any atom is 0.244 e. The van der Waals surface area contributed by atoms with E-state index in [1.807, 2.05) is 6.07 Å². The maximum absolute atomic E-state index is 13.6. The molecule has 0 radical (unpaired) electrons. The van der Waals surface area contributed by atoms with Crippen molar-refractivity contribution < 1.29 is 18.4 Å². The molecular formula is C17H13F2N3O2. The lowest BCUT2D eigenvalue weighted by atomic mass is 10.2. The Morgan fingerprint density at radius 1 is 1.17 bits per heavy atom. The molecule has 0 aromatic heterocycles. The zero-order valence-electron chi connectivity index (χ0n) is 12.7. The summed E-state index contributed by atoms with van der Waals surface area (Å²) in [7, 11) is 0. The summed E-state index contributed by atoms with van der Waals surface area (Å²) in [6.45, 7) is 0.800. The van der Waals surface area contributed by atoms with E-state index in [9.17, 15) is 18.4 Å². The van der Waals surface area contributed by atoms with Gasteiger partial charge in [-0.3, -0.25) is 9.59 Å². The number of carbonyl (C=O) groups excluding carboxylic acids is 2. The molecule has 0 saturated heterocycles. The standard InChI is InChI=1S/C17H13F2N3O2/c1-11(23)22(13-5-2-4-12(8-13)9-20)10-16(24)21-17-14(18)6-3-7-15(17)19/h2-8H,10H2,1H3,(H,21,24). The van der Waals surface area contributed by atoms with Crippen LogP contribution in [0.4, 0.5) is 20.2 Å². The maximum atomic E-state index is 13.6. The van der Waals surface area contributed by atoms with Gasteiger partial charge in [0.05, 0.1) is 11.6 Å². The van der Waals surface area contributed by atoms with Crippen LogP contribution in [0.1, 0.15) is 12.5 Å². The minimum Gasteiger partial charge on any atom is -0.320 e. The van der Waals surface area contributed by atoms with Crippen molar-refractivity contribution in [2.24, 2.45) is 0 Å². The van der Waals surface area contributed by atoms with Crippen molar-refractivity contribution in [2.45, 2.75) is 6.92 Å². The first-order chi connectivity index (χ1) is 11.4. The Hall–Kier alpha value is -3.27. The third kappa shape index (κ3) is 3.93. The van der Waals surface area contributed by atoms with Crippen LogP contribution in [-0.4, -0.2) is 18.4 Å². The molecular weight excluding hydrogens is 316 g/mol. The summed E-state index contributed by atoms with van der Waals surface area (Å²) in [6.07, 6.45) is 0. The Morgan fingerprint density at radius 3 is 2.38 bits per heavy atom. The first-order valence-electron chi connectivity index (χ1n) is 6.94. The number of nitriles is 1. The van der Waals surface area contributed by atoms with E-state index in [1.165, 1.54) is 19.1 Å². The Morgan fingerprint density at radius 2 is 1.79 bits per heavy atom. The monoisotopic (exact) mass is 329 g/mol. The Balaban J connectivity index is 2.20. The molecule has 0 atom stereocenters. The number of amides is 2. The van der Waals surface area contributed by atoms with E-state index in [2.05, 4.69) is 5.32 Å². The quantitative estimate of drug-likeness (QED) is 0.937. The molecule has 7 heteroatoms. The van der Waals surface area contributed by atoms with Gasteiger partial charge >= 0.3 is 0 Å². The normalized spacial score (nSPS) is 9.92. The summed E-state index contributed by atoms with van der Waals surface area (Å²) in [5, 5.41) is 11.0. The second-order valence-corrected chi connectivity index (χ2v) is 4.91. The first-order valence-corrected chi connectivity index (χ1v) is 6.94. The second kappa shape index (κ2) is 7.33. The molecule has 0 unspecified atom stereocenters. The van der Waals surface area contributed by atoms with Gasteiger partial charge in [0, 0.05) is 12.6 Å². The zero-order chi connectivity index (χ0) is 17.7. The van der Waals surface area contributed by atoms with Crippen molar-refractivity contribution in [3.8, 4) is 6.07 Å². The Labute approximate surface area is 137 Å². The van der Waals surface area contributed by atoms with Crippen molar-refractivity contribution in [1.29, 1.82) is 5.26 Å². The number of rotatable bonds is 4. The molecule has 24 heavy (non-hydrogen) atoms. The Kier molecular flexibility index (Phi) is 5.22. The predicted molar refractivity (Wildman–Crippen MR) is 84.2 cm³/mol. The fourth-order valence-corrected chi connectivity index (χ4v) is 2.07. The van der Waals surface area contributed by atoms with Crippen molar-refractivity contribution in [1.82, 2.24) is 0 Å². The van der Waals surface area contributed by atoms with Crippen LogP contribution in [0.3, 0.4) is 0 Å². The van der Waals surface area contributed by atoms with Crippen molar-refractivity contribution in [2.75, 3.05) is 16.8 Å². The number of benzene rings is 2. The lowest BCUT2D eigenvalue weighted by Gasteiger charge is -2.21. The van der Waals surface area contributed by atoms with Gasteiger partial charge in [-0.15, -0.1) is 0 Å². The summed E-state index contributed by atoms with van der Waals surface area (Å²) in [5.74, 6) is -3.04. The van der Waals surface area contributed by atoms with Crippen LogP contribution in [0, 0.1) is 23.0 Å². The molecule has 0 spiro atoms. The third-order valence-electron chi connectivity index (χ3n) is 3.20. The zero-order valence-corrected chi connectivity index (χ0v) is 12.7.